The number of pyridine rings is 1. The Kier molecular flexibility index (Phi) is 8.21. The van der Waals surface area contributed by atoms with Crippen LogP contribution in [0.4, 0.5) is 5.69 Å². The molecule has 5 rings (SSSR count). The number of rotatable bonds is 8. The fourth-order valence-electron chi connectivity index (χ4n) is 4.69. The Morgan fingerprint density at radius 2 is 1.88 bits per heavy atom. The fourth-order valence-corrected chi connectivity index (χ4v) is 6.59. The molecule has 1 atom stereocenters. The number of carbonyl (C=O) groups is 2. The van der Waals surface area contributed by atoms with Gasteiger partial charge in [0.15, 0.2) is 0 Å². The number of aromatic amines is 1. The largest absolute Gasteiger partial charge is 0.358 e. The number of benzene rings is 2. The maximum atomic E-state index is 13.2. The predicted molar refractivity (Wildman–Crippen MR) is 160 cm³/mol. The lowest BCUT2D eigenvalue weighted by molar-refractivity contribution is -0.110. The van der Waals surface area contributed by atoms with Gasteiger partial charge in [-0.15, -0.1) is 0 Å². The minimum atomic E-state index is -1.45. The molecule has 10 heteroatoms. The molecule has 1 aliphatic rings. The standard InChI is InChI=1S/C30H26Cl2N4O3S/c1-17-27(35-18(2)28(17)30(38)34-12-10-19-5-4-11-33-15-19)14-22-21-13-20(8-9-26(21)36-29(22)37)40(39)16-23-24(31)6-3-7-25(23)32/h3-9,11,13-15,35H,10,12,16H2,1-2H3,(H,34,38)(H,36,37)/b22-14-. The minimum Gasteiger partial charge on any atom is -0.358 e. The van der Waals surface area contributed by atoms with Gasteiger partial charge in [0.2, 0.25) is 0 Å². The van der Waals surface area contributed by atoms with E-state index in [-0.39, 0.29) is 17.6 Å². The molecule has 7 nitrogen and oxygen atoms in total. The summed E-state index contributed by atoms with van der Waals surface area (Å²) in [4.78, 5) is 33.8. The Morgan fingerprint density at radius 1 is 1.10 bits per heavy atom. The van der Waals surface area contributed by atoms with Crippen molar-refractivity contribution in [1.29, 1.82) is 0 Å². The number of halogens is 2. The second kappa shape index (κ2) is 11.8. The summed E-state index contributed by atoms with van der Waals surface area (Å²) in [5.74, 6) is -0.320. The molecule has 0 fully saturated rings. The first-order chi connectivity index (χ1) is 19.2. The van der Waals surface area contributed by atoms with E-state index in [1.165, 1.54) is 0 Å². The number of anilines is 1. The third-order valence-corrected chi connectivity index (χ3v) is 8.83. The van der Waals surface area contributed by atoms with E-state index in [9.17, 15) is 13.8 Å². The Morgan fingerprint density at radius 3 is 2.60 bits per heavy atom. The van der Waals surface area contributed by atoms with E-state index in [2.05, 4.69) is 20.6 Å². The molecule has 0 saturated carbocycles. The fraction of sp³-hybridized carbons (Fsp3) is 0.167. The molecule has 0 aliphatic carbocycles. The van der Waals surface area contributed by atoms with E-state index in [1.54, 1.807) is 54.9 Å². The lowest BCUT2D eigenvalue weighted by atomic mass is 10.0. The number of H-pyrrole nitrogens is 1. The van der Waals surface area contributed by atoms with Gasteiger partial charge in [0, 0.05) is 62.1 Å². The van der Waals surface area contributed by atoms with Crippen molar-refractivity contribution < 1.29 is 13.8 Å². The van der Waals surface area contributed by atoms with Crippen LogP contribution in [0.25, 0.3) is 11.6 Å². The van der Waals surface area contributed by atoms with Crippen molar-refractivity contribution in [1.82, 2.24) is 15.3 Å². The van der Waals surface area contributed by atoms with Crippen LogP contribution in [-0.2, 0) is 27.8 Å². The lowest BCUT2D eigenvalue weighted by Gasteiger charge is -2.08. The highest BCUT2D eigenvalue weighted by atomic mass is 35.5. The van der Waals surface area contributed by atoms with Crippen LogP contribution < -0.4 is 10.6 Å². The molecule has 0 radical (unpaired) electrons. The highest BCUT2D eigenvalue weighted by Crippen LogP contribution is 2.36. The predicted octanol–water partition coefficient (Wildman–Crippen LogP) is 6.11. The van der Waals surface area contributed by atoms with Gasteiger partial charge in [-0.3, -0.25) is 18.8 Å². The molecular weight excluding hydrogens is 567 g/mol. The van der Waals surface area contributed by atoms with Gasteiger partial charge >= 0.3 is 0 Å². The van der Waals surface area contributed by atoms with Crippen LogP contribution in [0.15, 0.2) is 65.8 Å². The number of carbonyl (C=O) groups excluding carboxylic acids is 2. The van der Waals surface area contributed by atoms with Crippen molar-refractivity contribution in [2.45, 2.75) is 30.9 Å². The highest BCUT2D eigenvalue weighted by Gasteiger charge is 2.27. The number of aromatic nitrogens is 2. The second-order valence-electron chi connectivity index (χ2n) is 9.44. The third kappa shape index (κ3) is 5.75. The smallest absolute Gasteiger partial charge is 0.256 e. The third-order valence-electron chi connectivity index (χ3n) is 6.79. The van der Waals surface area contributed by atoms with E-state index in [4.69, 9.17) is 23.2 Å². The van der Waals surface area contributed by atoms with Crippen molar-refractivity contribution in [3.05, 3.63) is 110 Å². The summed E-state index contributed by atoms with van der Waals surface area (Å²) in [5.41, 5.74) is 5.96. The molecular formula is C30H26Cl2N4O3S. The molecule has 2 amide bonds. The van der Waals surface area contributed by atoms with Gasteiger partial charge < -0.3 is 15.6 Å². The SMILES string of the molecule is Cc1[nH]c(/C=C2\C(=O)Nc3ccc(S(=O)Cc4c(Cl)cccc4Cl)cc32)c(C)c1C(=O)NCCc1cccnc1. The van der Waals surface area contributed by atoms with E-state index in [0.717, 1.165) is 11.1 Å². The maximum absolute atomic E-state index is 13.2. The molecule has 2 aromatic heterocycles. The van der Waals surface area contributed by atoms with Gasteiger partial charge in [0.25, 0.3) is 11.8 Å². The van der Waals surface area contributed by atoms with Gasteiger partial charge in [-0.1, -0.05) is 35.3 Å². The summed E-state index contributed by atoms with van der Waals surface area (Å²) in [5, 5.41) is 6.74. The van der Waals surface area contributed by atoms with Crippen molar-refractivity contribution >= 4 is 63.2 Å². The topological polar surface area (TPSA) is 104 Å². The van der Waals surface area contributed by atoms with Crippen LogP contribution in [0.5, 0.6) is 0 Å². The zero-order chi connectivity index (χ0) is 28.4. The number of nitrogens with one attached hydrogen (secondary N) is 3. The van der Waals surface area contributed by atoms with Crippen LogP contribution in [0.3, 0.4) is 0 Å². The van der Waals surface area contributed by atoms with E-state index < -0.39 is 10.8 Å². The van der Waals surface area contributed by atoms with Crippen LogP contribution in [0.2, 0.25) is 10.0 Å². The molecule has 1 unspecified atom stereocenters. The molecule has 3 heterocycles. The molecule has 0 bridgehead atoms. The first kappa shape index (κ1) is 27.8. The molecule has 1 aliphatic heterocycles. The van der Waals surface area contributed by atoms with Gasteiger partial charge in [0.1, 0.15) is 0 Å². The normalized spacial score (nSPS) is 14.2. The Balaban J connectivity index is 1.38. The van der Waals surface area contributed by atoms with Gasteiger partial charge in [-0.05, 0) is 73.9 Å². The first-order valence-corrected chi connectivity index (χ1v) is 14.7. The van der Waals surface area contributed by atoms with E-state index in [1.807, 2.05) is 26.0 Å². The average Bonchev–Trinajstić information content (AvgIpc) is 3.40. The van der Waals surface area contributed by atoms with Crippen molar-refractivity contribution in [2.75, 3.05) is 11.9 Å². The van der Waals surface area contributed by atoms with E-state index in [0.29, 0.717) is 67.2 Å². The molecule has 0 saturated heterocycles. The summed E-state index contributed by atoms with van der Waals surface area (Å²) >= 11 is 12.6. The van der Waals surface area contributed by atoms with Gasteiger partial charge in [-0.25, -0.2) is 0 Å². The number of nitrogens with zero attached hydrogens (tertiary/aromatic N) is 1. The monoisotopic (exact) mass is 592 g/mol. The van der Waals surface area contributed by atoms with Crippen LogP contribution in [-0.4, -0.2) is 32.5 Å². The van der Waals surface area contributed by atoms with E-state index >= 15 is 0 Å². The number of fused-ring (bicyclic) bond motifs is 1. The van der Waals surface area contributed by atoms with Crippen LogP contribution in [0.1, 0.15) is 44.0 Å². The molecule has 40 heavy (non-hydrogen) atoms. The van der Waals surface area contributed by atoms with Crippen molar-refractivity contribution in [3.63, 3.8) is 0 Å². The summed E-state index contributed by atoms with van der Waals surface area (Å²) < 4.78 is 13.2. The minimum absolute atomic E-state index is 0.145. The Hall–Kier alpha value is -3.72. The van der Waals surface area contributed by atoms with Crippen molar-refractivity contribution in [2.24, 2.45) is 0 Å². The summed E-state index contributed by atoms with van der Waals surface area (Å²) in [7, 11) is -1.45. The molecule has 3 N–H and O–H groups in total. The lowest BCUT2D eigenvalue weighted by Crippen LogP contribution is -2.26. The van der Waals surface area contributed by atoms with Crippen molar-refractivity contribution in [3.8, 4) is 0 Å². The Bertz CT molecular complexity index is 1660. The number of amides is 2. The Labute approximate surface area is 244 Å². The zero-order valence-corrected chi connectivity index (χ0v) is 24.1. The summed E-state index contributed by atoms with van der Waals surface area (Å²) in [6.45, 7) is 4.15. The number of hydrogen-bond acceptors (Lipinski definition) is 4. The summed E-state index contributed by atoms with van der Waals surface area (Å²) in [6, 6.07) is 14.2. The number of aryl methyl sites for hydroxylation is 1. The van der Waals surface area contributed by atoms with Crippen LogP contribution in [0, 0.1) is 13.8 Å². The first-order valence-electron chi connectivity index (χ1n) is 12.6. The molecule has 2 aromatic carbocycles. The molecule has 4 aromatic rings. The quantitative estimate of drug-likeness (QED) is 0.215. The second-order valence-corrected chi connectivity index (χ2v) is 11.7. The highest BCUT2D eigenvalue weighted by molar-refractivity contribution is 7.84. The summed E-state index contributed by atoms with van der Waals surface area (Å²) in [6.07, 6.45) is 5.89. The zero-order valence-electron chi connectivity index (χ0n) is 21.8. The molecule has 0 spiro atoms. The number of hydrogen-bond donors (Lipinski definition) is 3. The average molecular weight is 594 g/mol. The maximum Gasteiger partial charge on any atom is 0.256 e. The molecule has 204 valence electrons. The van der Waals surface area contributed by atoms with Gasteiger partial charge in [-0.2, -0.15) is 0 Å². The van der Waals surface area contributed by atoms with Crippen LogP contribution >= 0.6 is 23.2 Å². The van der Waals surface area contributed by atoms with Gasteiger partial charge in [0.05, 0.1) is 27.7 Å².